The van der Waals surface area contributed by atoms with E-state index in [9.17, 15) is 4.79 Å². The molecule has 0 radical (unpaired) electrons. The number of ether oxygens (including phenoxy) is 1. The smallest absolute Gasteiger partial charge is 0.310 e. The molecule has 0 aliphatic heterocycles. The summed E-state index contributed by atoms with van der Waals surface area (Å²) in [7, 11) is 0. The third kappa shape index (κ3) is 2.75. The molecule has 15 heavy (non-hydrogen) atoms. The lowest BCUT2D eigenvalue weighted by atomic mass is 10.4. The highest BCUT2D eigenvalue weighted by molar-refractivity contribution is 8.00. The number of rotatable bonds is 4. The summed E-state index contributed by atoms with van der Waals surface area (Å²) in [5.74, 6) is 0.0843. The lowest BCUT2D eigenvalue weighted by Crippen LogP contribution is -2.07. The summed E-state index contributed by atoms with van der Waals surface area (Å²) >= 11 is 1.77. The van der Waals surface area contributed by atoms with Gasteiger partial charge in [-0.3, -0.25) is 4.79 Å². The average molecular weight is 222 g/mol. The Bertz CT molecular complexity index is 337. The number of carbonyl (C=O) groups is 1. The van der Waals surface area contributed by atoms with Gasteiger partial charge in [-0.2, -0.15) is 0 Å². The van der Waals surface area contributed by atoms with Crippen LogP contribution in [0.4, 0.5) is 0 Å². The molecule has 1 saturated carbocycles. The molecule has 0 amide bonds. The third-order valence-corrected chi connectivity index (χ3v) is 3.72. The maximum atomic E-state index is 11.4. The molecule has 80 valence electrons. The summed E-state index contributed by atoms with van der Waals surface area (Å²) in [5.41, 5.74) is 0. The largest absolute Gasteiger partial charge is 0.466 e. The van der Waals surface area contributed by atoms with Crippen molar-refractivity contribution in [1.82, 2.24) is 0 Å². The van der Waals surface area contributed by atoms with Gasteiger partial charge in [-0.05, 0) is 25.5 Å². The molecule has 2 rings (SSSR count). The number of carbonyl (C=O) groups excluding carboxylic acids is 1. The lowest BCUT2D eigenvalue weighted by Gasteiger charge is -2.01. The summed E-state index contributed by atoms with van der Waals surface area (Å²) in [6, 6.07) is 10.2. The molecule has 1 aromatic carbocycles. The van der Waals surface area contributed by atoms with Crippen LogP contribution >= 0.6 is 11.8 Å². The van der Waals surface area contributed by atoms with Crippen LogP contribution in [0.2, 0.25) is 0 Å². The van der Waals surface area contributed by atoms with Crippen LogP contribution in [0.3, 0.4) is 0 Å². The van der Waals surface area contributed by atoms with Crippen molar-refractivity contribution in [2.45, 2.75) is 23.5 Å². The molecule has 1 aromatic rings. The molecule has 1 fully saturated rings. The zero-order valence-corrected chi connectivity index (χ0v) is 9.50. The second-order valence-corrected chi connectivity index (χ2v) is 4.88. The number of hydrogen-bond donors (Lipinski definition) is 0. The highest BCUT2D eigenvalue weighted by Gasteiger charge is 2.44. The van der Waals surface area contributed by atoms with E-state index in [-0.39, 0.29) is 11.9 Å². The topological polar surface area (TPSA) is 26.3 Å². The van der Waals surface area contributed by atoms with Crippen molar-refractivity contribution in [2.24, 2.45) is 5.92 Å². The predicted molar refractivity (Wildman–Crippen MR) is 60.8 cm³/mol. The molecule has 0 spiro atoms. The highest BCUT2D eigenvalue weighted by atomic mass is 32.2. The van der Waals surface area contributed by atoms with E-state index < -0.39 is 0 Å². The first kappa shape index (κ1) is 10.6. The first-order valence-electron chi connectivity index (χ1n) is 5.19. The van der Waals surface area contributed by atoms with Crippen molar-refractivity contribution in [3.63, 3.8) is 0 Å². The fourth-order valence-electron chi connectivity index (χ4n) is 1.47. The zero-order valence-electron chi connectivity index (χ0n) is 8.68. The van der Waals surface area contributed by atoms with Gasteiger partial charge in [-0.1, -0.05) is 18.2 Å². The Morgan fingerprint density at radius 1 is 1.47 bits per heavy atom. The Morgan fingerprint density at radius 2 is 2.20 bits per heavy atom. The van der Waals surface area contributed by atoms with Crippen LogP contribution in [0.25, 0.3) is 0 Å². The molecule has 0 N–H and O–H groups in total. The van der Waals surface area contributed by atoms with Crippen molar-refractivity contribution in [1.29, 1.82) is 0 Å². The predicted octanol–water partition coefficient (Wildman–Crippen LogP) is 2.73. The molecular formula is C12H14O2S. The van der Waals surface area contributed by atoms with E-state index in [0.29, 0.717) is 11.9 Å². The monoisotopic (exact) mass is 222 g/mol. The van der Waals surface area contributed by atoms with Gasteiger partial charge in [0.15, 0.2) is 0 Å². The van der Waals surface area contributed by atoms with E-state index >= 15 is 0 Å². The van der Waals surface area contributed by atoms with E-state index in [1.807, 2.05) is 25.1 Å². The van der Waals surface area contributed by atoms with Crippen LogP contribution in [0, 0.1) is 5.92 Å². The Hall–Kier alpha value is -0.960. The van der Waals surface area contributed by atoms with Crippen molar-refractivity contribution in [3.05, 3.63) is 30.3 Å². The van der Waals surface area contributed by atoms with Crippen LogP contribution in [-0.2, 0) is 9.53 Å². The van der Waals surface area contributed by atoms with Gasteiger partial charge in [-0.15, -0.1) is 11.8 Å². The summed E-state index contributed by atoms with van der Waals surface area (Å²) in [6.07, 6.45) is 0.957. The Balaban J connectivity index is 1.83. The van der Waals surface area contributed by atoms with Crippen LogP contribution in [-0.4, -0.2) is 17.8 Å². The normalized spacial score (nSPS) is 23.5. The lowest BCUT2D eigenvalue weighted by molar-refractivity contribution is -0.144. The molecule has 0 heterocycles. The minimum Gasteiger partial charge on any atom is -0.466 e. The number of hydrogen-bond acceptors (Lipinski definition) is 3. The van der Waals surface area contributed by atoms with Crippen molar-refractivity contribution in [3.8, 4) is 0 Å². The maximum Gasteiger partial charge on any atom is 0.310 e. The molecule has 0 bridgehead atoms. The van der Waals surface area contributed by atoms with Gasteiger partial charge in [-0.25, -0.2) is 0 Å². The SMILES string of the molecule is CCOC(=O)[C@H]1C[C@H]1Sc1ccccc1. The van der Waals surface area contributed by atoms with Gasteiger partial charge in [0, 0.05) is 10.1 Å². The van der Waals surface area contributed by atoms with Gasteiger partial charge >= 0.3 is 5.97 Å². The maximum absolute atomic E-state index is 11.4. The van der Waals surface area contributed by atoms with Gasteiger partial charge in [0.05, 0.1) is 12.5 Å². The fraction of sp³-hybridized carbons (Fsp3) is 0.417. The molecule has 3 heteroatoms. The summed E-state index contributed by atoms with van der Waals surface area (Å²) in [6.45, 7) is 2.33. The van der Waals surface area contributed by atoms with Gasteiger partial charge < -0.3 is 4.74 Å². The van der Waals surface area contributed by atoms with Crippen LogP contribution < -0.4 is 0 Å². The van der Waals surface area contributed by atoms with Crippen molar-refractivity contribution in [2.75, 3.05) is 6.61 Å². The van der Waals surface area contributed by atoms with Crippen molar-refractivity contribution < 1.29 is 9.53 Å². The van der Waals surface area contributed by atoms with E-state index in [4.69, 9.17) is 4.74 Å². The number of benzene rings is 1. The molecular weight excluding hydrogens is 208 g/mol. The van der Waals surface area contributed by atoms with E-state index in [2.05, 4.69) is 12.1 Å². The molecule has 0 unspecified atom stereocenters. The first-order chi connectivity index (χ1) is 7.31. The van der Waals surface area contributed by atoms with Crippen LogP contribution in [0.15, 0.2) is 35.2 Å². The zero-order chi connectivity index (χ0) is 10.7. The summed E-state index contributed by atoms with van der Waals surface area (Å²) in [5, 5.41) is 0.423. The van der Waals surface area contributed by atoms with E-state index in [0.717, 1.165) is 6.42 Å². The molecule has 1 aliphatic carbocycles. The first-order valence-corrected chi connectivity index (χ1v) is 6.07. The van der Waals surface area contributed by atoms with Crippen molar-refractivity contribution >= 4 is 17.7 Å². The minimum absolute atomic E-state index is 0.0362. The molecule has 1 aliphatic rings. The Kier molecular flexibility index (Phi) is 3.31. The fourth-order valence-corrected chi connectivity index (χ4v) is 2.72. The Morgan fingerprint density at radius 3 is 2.87 bits per heavy atom. The number of thioether (sulfide) groups is 1. The van der Waals surface area contributed by atoms with Gasteiger partial charge in [0.2, 0.25) is 0 Å². The minimum atomic E-state index is -0.0362. The standard InChI is InChI=1S/C12H14O2S/c1-2-14-12(13)10-8-11(10)15-9-6-4-3-5-7-9/h3-7,10-11H,2,8H2,1H3/t10-,11+/m0/s1. The third-order valence-electron chi connectivity index (χ3n) is 2.35. The summed E-state index contributed by atoms with van der Waals surface area (Å²) in [4.78, 5) is 12.6. The molecule has 2 nitrogen and oxygen atoms in total. The average Bonchev–Trinajstić information content (AvgIpc) is 2.99. The quantitative estimate of drug-likeness (QED) is 0.733. The Labute approximate surface area is 94.0 Å². The molecule has 0 aromatic heterocycles. The van der Waals surface area contributed by atoms with Gasteiger partial charge in [0.25, 0.3) is 0 Å². The number of esters is 1. The molecule has 2 atom stereocenters. The van der Waals surface area contributed by atoms with E-state index in [1.165, 1.54) is 4.90 Å². The second kappa shape index (κ2) is 4.71. The molecule has 0 saturated heterocycles. The highest BCUT2D eigenvalue weighted by Crippen LogP contribution is 2.45. The van der Waals surface area contributed by atoms with Crippen LogP contribution in [0.1, 0.15) is 13.3 Å². The second-order valence-electron chi connectivity index (χ2n) is 3.56. The summed E-state index contributed by atoms with van der Waals surface area (Å²) < 4.78 is 4.98. The van der Waals surface area contributed by atoms with Crippen LogP contribution in [0.5, 0.6) is 0 Å². The van der Waals surface area contributed by atoms with Gasteiger partial charge in [0.1, 0.15) is 0 Å². The van der Waals surface area contributed by atoms with E-state index in [1.54, 1.807) is 11.8 Å².